The Morgan fingerprint density at radius 3 is 2.65 bits per heavy atom. The number of carbonyl (C=O) groups is 1. The van der Waals surface area contributed by atoms with Gasteiger partial charge in [-0.25, -0.2) is 13.4 Å². The van der Waals surface area contributed by atoms with Crippen molar-refractivity contribution in [1.29, 1.82) is 0 Å². The van der Waals surface area contributed by atoms with E-state index in [1.54, 1.807) is 19.2 Å². The lowest BCUT2D eigenvalue weighted by Gasteiger charge is -2.14. The largest absolute Gasteiger partial charge is 0.497 e. The number of nitrogens with one attached hydrogen (secondary N) is 2. The Morgan fingerprint density at radius 1 is 1.26 bits per heavy atom. The number of aryl methyl sites for hydroxylation is 1. The number of nitrogens with zero attached hydrogens (tertiary/aromatic N) is 3. The molecule has 0 bridgehead atoms. The van der Waals surface area contributed by atoms with E-state index in [-0.39, 0.29) is 23.0 Å². The summed E-state index contributed by atoms with van der Waals surface area (Å²) in [5, 5.41) is 9.59. The summed E-state index contributed by atoms with van der Waals surface area (Å²) in [5.41, 5.74) is 0.799. The molecule has 0 spiro atoms. The first-order valence-corrected chi connectivity index (χ1v) is 11.3. The van der Waals surface area contributed by atoms with E-state index < -0.39 is 15.9 Å². The SMILES string of the molecule is COc1ccc(-c2n[nH]c(CNC(=O)c3cc(S(=O)(=O)N4CCCC4)c(C)o3)n2)cc1. The molecule has 31 heavy (non-hydrogen) atoms. The number of hydrogen-bond donors (Lipinski definition) is 2. The summed E-state index contributed by atoms with van der Waals surface area (Å²) in [7, 11) is -2.07. The molecule has 3 heterocycles. The summed E-state index contributed by atoms with van der Waals surface area (Å²) in [6, 6.07) is 8.55. The summed E-state index contributed by atoms with van der Waals surface area (Å²) < 4.78 is 37.5. The van der Waals surface area contributed by atoms with Gasteiger partial charge in [0.15, 0.2) is 11.6 Å². The van der Waals surface area contributed by atoms with Crippen molar-refractivity contribution in [2.75, 3.05) is 20.2 Å². The molecule has 1 aliphatic heterocycles. The highest BCUT2D eigenvalue weighted by Gasteiger charge is 2.31. The monoisotopic (exact) mass is 445 g/mol. The number of sulfonamides is 1. The Labute approximate surface area is 179 Å². The van der Waals surface area contributed by atoms with E-state index in [0.717, 1.165) is 24.2 Å². The van der Waals surface area contributed by atoms with Crippen LogP contribution in [0.25, 0.3) is 11.4 Å². The third kappa shape index (κ3) is 4.32. The van der Waals surface area contributed by atoms with Crippen molar-refractivity contribution < 1.29 is 22.4 Å². The van der Waals surface area contributed by atoms with Crippen LogP contribution in [0.5, 0.6) is 5.75 Å². The van der Waals surface area contributed by atoms with Crippen LogP contribution in [0.3, 0.4) is 0 Å². The minimum absolute atomic E-state index is 0.0287. The van der Waals surface area contributed by atoms with Crippen molar-refractivity contribution in [1.82, 2.24) is 24.8 Å². The lowest BCUT2D eigenvalue weighted by Crippen LogP contribution is -2.28. The van der Waals surface area contributed by atoms with Gasteiger partial charge >= 0.3 is 0 Å². The molecule has 1 aliphatic rings. The second-order valence-electron chi connectivity index (χ2n) is 7.16. The number of benzene rings is 1. The molecule has 4 rings (SSSR count). The third-order valence-electron chi connectivity index (χ3n) is 5.08. The van der Waals surface area contributed by atoms with Crippen LogP contribution >= 0.6 is 0 Å². The second-order valence-corrected chi connectivity index (χ2v) is 9.07. The zero-order valence-corrected chi connectivity index (χ0v) is 18.0. The highest BCUT2D eigenvalue weighted by molar-refractivity contribution is 7.89. The first-order chi connectivity index (χ1) is 14.9. The molecular weight excluding hydrogens is 422 g/mol. The average molecular weight is 446 g/mol. The predicted octanol–water partition coefficient (Wildman–Crippen LogP) is 2.10. The molecule has 1 aromatic carbocycles. The molecule has 0 atom stereocenters. The van der Waals surface area contributed by atoms with Gasteiger partial charge in [0.25, 0.3) is 5.91 Å². The van der Waals surface area contributed by atoms with Crippen LogP contribution in [-0.4, -0.2) is 54.0 Å². The van der Waals surface area contributed by atoms with Crippen LogP contribution in [0.2, 0.25) is 0 Å². The Balaban J connectivity index is 1.42. The maximum absolute atomic E-state index is 12.8. The molecular formula is C20H23N5O5S. The number of amides is 1. The fourth-order valence-electron chi connectivity index (χ4n) is 3.40. The number of H-pyrrole nitrogens is 1. The molecule has 11 heteroatoms. The van der Waals surface area contributed by atoms with E-state index in [4.69, 9.17) is 9.15 Å². The summed E-state index contributed by atoms with van der Waals surface area (Å²) >= 11 is 0. The molecule has 0 aliphatic carbocycles. The fourth-order valence-corrected chi connectivity index (χ4v) is 5.07. The Hall–Kier alpha value is -3.18. The van der Waals surface area contributed by atoms with Gasteiger partial charge < -0.3 is 14.5 Å². The number of carbonyl (C=O) groups excluding carboxylic acids is 1. The van der Waals surface area contributed by atoms with Crippen molar-refractivity contribution in [3.63, 3.8) is 0 Å². The number of methoxy groups -OCH3 is 1. The number of rotatable bonds is 7. The quantitative estimate of drug-likeness (QED) is 0.569. The van der Waals surface area contributed by atoms with Gasteiger partial charge in [0.2, 0.25) is 10.0 Å². The highest BCUT2D eigenvalue weighted by Crippen LogP contribution is 2.26. The number of ether oxygens (including phenoxy) is 1. The number of hydrogen-bond acceptors (Lipinski definition) is 7. The molecule has 2 aromatic heterocycles. The van der Waals surface area contributed by atoms with Gasteiger partial charge in [0, 0.05) is 24.7 Å². The average Bonchev–Trinajstić information content (AvgIpc) is 3.53. The van der Waals surface area contributed by atoms with Crippen molar-refractivity contribution >= 4 is 15.9 Å². The van der Waals surface area contributed by atoms with E-state index in [1.165, 1.54) is 17.3 Å². The van der Waals surface area contributed by atoms with Crippen molar-refractivity contribution in [3.8, 4) is 17.1 Å². The number of furan rings is 1. The van der Waals surface area contributed by atoms with Crippen LogP contribution in [-0.2, 0) is 16.6 Å². The van der Waals surface area contributed by atoms with Gasteiger partial charge in [-0.1, -0.05) is 0 Å². The Bertz CT molecular complexity index is 1180. The first-order valence-electron chi connectivity index (χ1n) is 9.83. The zero-order valence-electron chi connectivity index (χ0n) is 17.2. The normalized spacial score (nSPS) is 14.6. The van der Waals surface area contributed by atoms with Crippen LogP contribution in [0.15, 0.2) is 39.6 Å². The van der Waals surface area contributed by atoms with Gasteiger partial charge in [-0.15, -0.1) is 0 Å². The molecule has 164 valence electrons. The van der Waals surface area contributed by atoms with Crippen molar-refractivity contribution in [2.24, 2.45) is 0 Å². The molecule has 2 N–H and O–H groups in total. The van der Waals surface area contributed by atoms with Gasteiger partial charge in [0.1, 0.15) is 22.2 Å². The second kappa shape index (κ2) is 8.52. The maximum atomic E-state index is 12.8. The molecule has 3 aromatic rings. The fraction of sp³-hybridized carbons (Fsp3) is 0.350. The Kier molecular flexibility index (Phi) is 5.79. The predicted molar refractivity (Wildman–Crippen MR) is 111 cm³/mol. The summed E-state index contributed by atoms with van der Waals surface area (Å²) in [4.78, 5) is 16.9. The molecule has 1 amide bonds. The molecule has 10 nitrogen and oxygen atoms in total. The van der Waals surface area contributed by atoms with E-state index in [9.17, 15) is 13.2 Å². The topological polar surface area (TPSA) is 130 Å². The zero-order chi connectivity index (χ0) is 22.0. The molecule has 1 saturated heterocycles. The highest BCUT2D eigenvalue weighted by atomic mass is 32.2. The summed E-state index contributed by atoms with van der Waals surface area (Å²) in [5.74, 6) is 1.26. The number of aromatic nitrogens is 3. The minimum atomic E-state index is -3.66. The van der Waals surface area contributed by atoms with E-state index in [0.29, 0.717) is 24.7 Å². The standard InChI is InChI=1S/C20H23N5O5S/c1-13-17(31(27,28)25-9-3-4-10-25)11-16(30-13)20(26)21-12-18-22-19(24-23-18)14-5-7-15(29-2)8-6-14/h5-8,11H,3-4,9-10,12H2,1-2H3,(H,21,26)(H,22,23,24). The third-order valence-corrected chi connectivity index (χ3v) is 7.08. The van der Waals surface area contributed by atoms with Gasteiger partial charge in [-0.05, 0) is 44.0 Å². The van der Waals surface area contributed by atoms with Crippen LogP contribution in [0, 0.1) is 6.92 Å². The van der Waals surface area contributed by atoms with Gasteiger partial charge in [0.05, 0.1) is 13.7 Å². The van der Waals surface area contributed by atoms with Crippen molar-refractivity contribution in [2.45, 2.75) is 31.2 Å². The summed E-state index contributed by atoms with van der Waals surface area (Å²) in [6.45, 7) is 2.58. The molecule has 1 fully saturated rings. The van der Waals surface area contributed by atoms with Crippen LogP contribution in [0.4, 0.5) is 0 Å². The molecule has 0 unspecified atom stereocenters. The maximum Gasteiger partial charge on any atom is 0.287 e. The molecule has 0 radical (unpaired) electrons. The first kappa shape index (κ1) is 21.1. The Morgan fingerprint density at radius 2 is 1.97 bits per heavy atom. The van der Waals surface area contributed by atoms with Gasteiger partial charge in [-0.2, -0.15) is 9.40 Å². The number of aromatic amines is 1. The molecule has 0 saturated carbocycles. The van der Waals surface area contributed by atoms with Crippen LogP contribution < -0.4 is 10.1 Å². The van der Waals surface area contributed by atoms with E-state index >= 15 is 0 Å². The lowest BCUT2D eigenvalue weighted by molar-refractivity contribution is 0.0921. The van der Waals surface area contributed by atoms with Crippen molar-refractivity contribution in [3.05, 3.63) is 47.7 Å². The smallest absolute Gasteiger partial charge is 0.287 e. The van der Waals surface area contributed by atoms with Gasteiger partial charge in [-0.3, -0.25) is 9.89 Å². The van der Waals surface area contributed by atoms with Crippen LogP contribution in [0.1, 0.15) is 35.0 Å². The van der Waals surface area contributed by atoms with E-state index in [2.05, 4.69) is 20.5 Å². The van der Waals surface area contributed by atoms with E-state index in [1.807, 2.05) is 12.1 Å². The lowest BCUT2D eigenvalue weighted by atomic mass is 10.2. The summed E-state index contributed by atoms with van der Waals surface area (Å²) in [6.07, 6.45) is 1.67. The minimum Gasteiger partial charge on any atom is -0.497 e.